The lowest BCUT2D eigenvalue weighted by Crippen LogP contribution is -2.44. The van der Waals surface area contributed by atoms with Crippen LogP contribution < -0.4 is 4.72 Å². The maximum absolute atomic E-state index is 12.2. The van der Waals surface area contributed by atoms with E-state index in [2.05, 4.69) is 4.72 Å². The van der Waals surface area contributed by atoms with Gasteiger partial charge in [-0.1, -0.05) is 20.3 Å². The first-order valence-electron chi connectivity index (χ1n) is 6.01. The van der Waals surface area contributed by atoms with Crippen molar-refractivity contribution in [1.82, 2.24) is 4.72 Å². The molecule has 2 N–H and O–H groups in total. The maximum atomic E-state index is 12.2. The predicted molar refractivity (Wildman–Crippen MR) is 75.0 cm³/mol. The lowest BCUT2D eigenvalue weighted by molar-refractivity contribution is -0.140. The number of carboxylic acids is 1. The van der Waals surface area contributed by atoms with Crippen LogP contribution in [0.5, 0.6) is 0 Å². The topological polar surface area (TPSA) is 83.5 Å². The molecule has 0 aromatic carbocycles. The van der Waals surface area contributed by atoms with Gasteiger partial charge in [-0.2, -0.15) is 4.72 Å². The van der Waals surface area contributed by atoms with E-state index < -0.39 is 22.0 Å². The molecule has 1 aromatic heterocycles. The van der Waals surface area contributed by atoms with Gasteiger partial charge in [-0.05, 0) is 31.4 Å². The van der Waals surface area contributed by atoms with Crippen LogP contribution in [-0.4, -0.2) is 25.5 Å². The second kappa shape index (κ2) is 6.02. The normalized spacial score (nSPS) is 15.2. The number of aliphatic carboxylic acids is 1. The van der Waals surface area contributed by atoms with Crippen molar-refractivity contribution in [3.8, 4) is 0 Å². The molecular weight excluding hydrogens is 286 g/mol. The highest BCUT2D eigenvalue weighted by molar-refractivity contribution is 7.91. The molecule has 0 bridgehead atoms. The van der Waals surface area contributed by atoms with Gasteiger partial charge in [-0.25, -0.2) is 8.42 Å². The molecule has 108 valence electrons. The Balaban J connectivity index is 3.08. The Kier molecular flexibility index (Phi) is 5.11. The van der Waals surface area contributed by atoms with E-state index >= 15 is 0 Å². The third-order valence-corrected chi connectivity index (χ3v) is 6.23. The fourth-order valence-electron chi connectivity index (χ4n) is 1.75. The fourth-order valence-corrected chi connectivity index (χ4v) is 4.74. The Labute approximate surface area is 117 Å². The van der Waals surface area contributed by atoms with Crippen LogP contribution in [0.2, 0.25) is 0 Å². The van der Waals surface area contributed by atoms with Crippen molar-refractivity contribution >= 4 is 27.3 Å². The van der Waals surface area contributed by atoms with Gasteiger partial charge < -0.3 is 5.11 Å². The van der Waals surface area contributed by atoms with E-state index in [0.717, 1.165) is 16.2 Å². The molecule has 1 rings (SSSR count). The highest BCUT2D eigenvalue weighted by atomic mass is 32.2. The van der Waals surface area contributed by atoms with Crippen molar-refractivity contribution in [1.29, 1.82) is 0 Å². The molecule has 0 fully saturated rings. The van der Waals surface area contributed by atoms with Crippen molar-refractivity contribution < 1.29 is 18.3 Å². The summed E-state index contributed by atoms with van der Waals surface area (Å²) in [5.41, 5.74) is 0.642. The van der Waals surface area contributed by atoms with E-state index in [9.17, 15) is 13.2 Å². The SMILES string of the molecule is CC[C@H](C)[C@H](NS(=O)(=O)c1sc(C)cc1C)C(=O)O. The van der Waals surface area contributed by atoms with Gasteiger partial charge in [0, 0.05) is 4.88 Å². The summed E-state index contributed by atoms with van der Waals surface area (Å²) >= 11 is 1.15. The van der Waals surface area contributed by atoms with Crippen LogP contribution in [0.3, 0.4) is 0 Å². The van der Waals surface area contributed by atoms with Crippen LogP contribution in [0.4, 0.5) is 0 Å². The summed E-state index contributed by atoms with van der Waals surface area (Å²) in [5.74, 6) is -1.42. The Hall–Kier alpha value is -0.920. The Morgan fingerprint density at radius 1 is 1.47 bits per heavy atom. The third kappa shape index (κ3) is 3.77. The fraction of sp³-hybridized carbons (Fsp3) is 0.583. The van der Waals surface area contributed by atoms with Crippen molar-refractivity contribution in [2.45, 2.75) is 44.4 Å². The van der Waals surface area contributed by atoms with E-state index in [1.807, 2.05) is 13.8 Å². The Bertz CT molecular complexity index is 562. The van der Waals surface area contributed by atoms with Gasteiger partial charge in [0.1, 0.15) is 10.3 Å². The summed E-state index contributed by atoms with van der Waals surface area (Å²) in [5, 5.41) is 9.14. The quantitative estimate of drug-likeness (QED) is 0.843. The average Bonchev–Trinajstić information content (AvgIpc) is 2.65. The third-order valence-electron chi connectivity index (χ3n) is 3.00. The molecule has 1 aromatic rings. The number of hydrogen-bond donors (Lipinski definition) is 2. The van der Waals surface area contributed by atoms with Gasteiger partial charge in [-0.15, -0.1) is 11.3 Å². The zero-order valence-electron chi connectivity index (χ0n) is 11.4. The first-order chi connectivity index (χ1) is 8.69. The monoisotopic (exact) mass is 305 g/mol. The minimum atomic E-state index is -3.78. The molecule has 0 aliphatic heterocycles. The first-order valence-corrected chi connectivity index (χ1v) is 8.31. The number of hydrogen-bond acceptors (Lipinski definition) is 4. The van der Waals surface area contributed by atoms with E-state index in [0.29, 0.717) is 12.0 Å². The van der Waals surface area contributed by atoms with E-state index in [1.54, 1.807) is 19.9 Å². The Morgan fingerprint density at radius 3 is 2.42 bits per heavy atom. The van der Waals surface area contributed by atoms with Crippen molar-refractivity contribution in [2.24, 2.45) is 5.92 Å². The molecule has 0 radical (unpaired) electrons. The molecule has 0 aliphatic carbocycles. The van der Waals surface area contributed by atoms with Crippen LogP contribution in [0.25, 0.3) is 0 Å². The molecule has 0 spiro atoms. The van der Waals surface area contributed by atoms with E-state index in [1.165, 1.54) is 0 Å². The zero-order chi connectivity index (χ0) is 14.8. The van der Waals surface area contributed by atoms with Crippen molar-refractivity contribution in [3.63, 3.8) is 0 Å². The minimum Gasteiger partial charge on any atom is -0.480 e. The minimum absolute atomic E-state index is 0.194. The molecule has 5 nitrogen and oxygen atoms in total. The standard InChI is InChI=1S/C12H19NO4S2/c1-5-7(2)10(11(14)15)13-19(16,17)12-8(3)6-9(4)18-12/h6-7,10,13H,5H2,1-4H3,(H,14,15)/t7-,10-/m0/s1. The van der Waals surface area contributed by atoms with E-state index in [-0.39, 0.29) is 10.1 Å². The van der Waals surface area contributed by atoms with Crippen LogP contribution in [0, 0.1) is 19.8 Å². The number of aryl methyl sites for hydroxylation is 2. The second-order valence-corrected chi connectivity index (χ2v) is 7.82. The lowest BCUT2D eigenvalue weighted by Gasteiger charge is -2.19. The largest absolute Gasteiger partial charge is 0.480 e. The average molecular weight is 305 g/mol. The van der Waals surface area contributed by atoms with E-state index in [4.69, 9.17) is 5.11 Å². The summed E-state index contributed by atoms with van der Waals surface area (Å²) in [4.78, 5) is 12.1. The number of rotatable bonds is 6. The molecule has 0 unspecified atom stereocenters. The molecular formula is C12H19NO4S2. The molecule has 19 heavy (non-hydrogen) atoms. The van der Waals surface area contributed by atoms with Gasteiger partial charge in [0.2, 0.25) is 0 Å². The number of carbonyl (C=O) groups is 1. The number of carboxylic acid groups (broad SMARTS) is 1. The van der Waals surface area contributed by atoms with Crippen LogP contribution in [-0.2, 0) is 14.8 Å². The summed E-state index contributed by atoms with van der Waals surface area (Å²) in [6.45, 7) is 7.07. The Morgan fingerprint density at radius 2 is 2.05 bits per heavy atom. The van der Waals surface area contributed by atoms with Crippen LogP contribution in [0.15, 0.2) is 10.3 Å². The predicted octanol–water partition coefficient (Wildman–Crippen LogP) is 2.14. The van der Waals surface area contributed by atoms with Crippen molar-refractivity contribution in [3.05, 3.63) is 16.5 Å². The number of nitrogens with one attached hydrogen (secondary N) is 1. The second-order valence-electron chi connectivity index (χ2n) is 4.65. The number of sulfonamides is 1. The summed E-state index contributed by atoms with van der Waals surface area (Å²) in [7, 11) is -3.78. The highest BCUT2D eigenvalue weighted by Crippen LogP contribution is 2.26. The summed E-state index contributed by atoms with van der Waals surface area (Å²) < 4.78 is 27.0. The molecule has 0 amide bonds. The lowest BCUT2D eigenvalue weighted by atomic mass is 10.0. The number of thiophene rings is 1. The van der Waals surface area contributed by atoms with Gasteiger partial charge in [0.15, 0.2) is 0 Å². The van der Waals surface area contributed by atoms with Crippen molar-refractivity contribution in [2.75, 3.05) is 0 Å². The van der Waals surface area contributed by atoms with Gasteiger partial charge in [0.05, 0.1) is 0 Å². The molecule has 7 heteroatoms. The molecule has 1 heterocycles. The van der Waals surface area contributed by atoms with Gasteiger partial charge in [-0.3, -0.25) is 4.79 Å². The van der Waals surface area contributed by atoms with Crippen LogP contribution >= 0.6 is 11.3 Å². The maximum Gasteiger partial charge on any atom is 0.322 e. The summed E-state index contributed by atoms with van der Waals surface area (Å²) in [6.07, 6.45) is 0.585. The molecule has 0 saturated carbocycles. The highest BCUT2D eigenvalue weighted by Gasteiger charge is 2.30. The summed E-state index contributed by atoms with van der Waals surface area (Å²) in [6, 6.07) is 0.676. The first kappa shape index (κ1) is 16.1. The van der Waals surface area contributed by atoms with Gasteiger partial charge >= 0.3 is 5.97 Å². The zero-order valence-corrected chi connectivity index (χ0v) is 13.1. The smallest absolute Gasteiger partial charge is 0.322 e. The van der Waals surface area contributed by atoms with Gasteiger partial charge in [0.25, 0.3) is 10.0 Å². The van der Waals surface area contributed by atoms with Crippen LogP contribution in [0.1, 0.15) is 30.7 Å². The molecule has 2 atom stereocenters. The molecule has 0 aliphatic rings. The molecule has 0 saturated heterocycles.